The minimum absolute atomic E-state index is 0.0176. The van der Waals surface area contributed by atoms with Crippen molar-refractivity contribution in [1.82, 2.24) is 10.2 Å². The predicted octanol–water partition coefficient (Wildman–Crippen LogP) is 5.88. The Bertz CT molecular complexity index is 1410. The second-order valence-corrected chi connectivity index (χ2v) is 15.6. The van der Waals surface area contributed by atoms with Crippen LogP contribution >= 0.6 is 0 Å². The number of likely N-dealkylation sites (tertiary alicyclic amines) is 1. The molecule has 2 aromatic rings. The molecule has 1 unspecified atom stereocenters. The molecule has 45 heavy (non-hydrogen) atoms. The van der Waals surface area contributed by atoms with Gasteiger partial charge >= 0.3 is 6.09 Å². The molecule has 246 valence electrons. The third-order valence-electron chi connectivity index (χ3n) is 10.7. The number of nitrogens with one attached hydrogen (secondary N) is 1. The summed E-state index contributed by atoms with van der Waals surface area (Å²) >= 11 is 0. The topological polar surface area (TPSA) is 94.2 Å². The number of hydrogen-bond donors (Lipinski definition) is 1. The van der Waals surface area contributed by atoms with Gasteiger partial charge in [-0.2, -0.15) is 0 Å². The number of sulfone groups is 1. The molecular weight excluding hydrogens is 595 g/mol. The summed E-state index contributed by atoms with van der Waals surface area (Å²) in [6.45, 7) is 3.81. The van der Waals surface area contributed by atoms with Crippen LogP contribution < -0.4 is 10.1 Å². The third-order valence-corrected chi connectivity index (χ3v) is 13.0. The summed E-state index contributed by atoms with van der Waals surface area (Å²) in [5, 5.41) is 2.93. The molecule has 0 aromatic heterocycles. The molecule has 3 aliphatic carbocycles. The van der Waals surface area contributed by atoms with Crippen molar-refractivity contribution >= 4 is 15.9 Å². The molecule has 1 heterocycles. The molecule has 4 fully saturated rings. The average molecular weight is 643 g/mol. The van der Waals surface area contributed by atoms with Crippen LogP contribution in [0.25, 0.3) is 0 Å². The van der Waals surface area contributed by atoms with Crippen LogP contribution in [0, 0.1) is 17.7 Å². The molecule has 2 aromatic carbocycles. The lowest BCUT2D eigenvalue weighted by molar-refractivity contribution is -0.0221. The van der Waals surface area contributed by atoms with E-state index >= 15 is 0 Å². The van der Waals surface area contributed by atoms with Gasteiger partial charge < -0.3 is 24.4 Å². The minimum Gasteiger partial charge on any atom is -0.491 e. The van der Waals surface area contributed by atoms with Gasteiger partial charge in [0.2, 0.25) is 0 Å². The van der Waals surface area contributed by atoms with E-state index in [2.05, 4.69) is 16.3 Å². The van der Waals surface area contributed by atoms with E-state index in [1.165, 1.54) is 19.6 Å². The lowest BCUT2D eigenvalue weighted by Crippen LogP contribution is -2.58. The number of methoxy groups -OCH3 is 1. The number of halogens is 1. The van der Waals surface area contributed by atoms with Crippen LogP contribution in [0.3, 0.4) is 0 Å². The normalized spacial score (nSPS) is 26.9. The van der Waals surface area contributed by atoms with Crippen molar-refractivity contribution in [3.63, 3.8) is 0 Å². The van der Waals surface area contributed by atoms with Crippen LogP contribution in [0.5, 0.6) is 5.75 Å². The Morgan fingerprint density at radius 2 is 1.71 bits per heavy atom. The summed E-state index contributed by atoms with van der Waals surface area (Å²) in [6.07, 6.45) is 9.06. The molecule has 1 amide bonds. The van der Waals surface area contributed by atoms with Gasteiger partial charge in [0, 0.05) is 18.0 Å². The third kappa shape index (κ3) is 7.18. The Morgan fingerprint density at radius 3 is 2.36 bits per heavy atom. The van der Waals surface area contributed by atoms with Gasteiger partial charge in [-0.25, -0.2) is 17.6 Å². The zero-order valence-electron chi connectivity index (χ0n) is 26.3. The zero-order valence-corrected chi connectivity index (χ0v) is 27.1. The molecule has 3 saturated carbocycles. The molecule has 0 spiro atoms. The van der Waals surface area contributed by atoms with Crippen molar-refractivity contribution in [2.75, 3.05) is 40.0 Å². The number of alkyl carbamates (subject to hydrolysis) is 1. The lowest BCUT2D eigenvalue weighted by Gasteiger charge is -2.53. The van der Waals surface area contributed by atoms with Gasteiger partial charge in [0.1, 0.15) is 18.2 Å². The molecule has 6 rings (SSSR count). The maximum absolute atomic E-state index is 14.8. The largest absolute Gasteiger partial charge is 0.491 e. The van der Waals surface area contributed by atoms with Crippen molar-refractivity contribution in [2.24, 2.45) is 11.8 Å². The number of ether oxygens (including phenoxy) is 3. The number of amides is 1. The summed E-state index contributed by atoms with van der Waals surface area (Å²) in [4.78, 5) is 15.2. The molecule has 1 saturated heterocycles. The molecule has 0 bridgehead atoms. The Kier molecular flexibility index (Phi) is 10.0. The fraction of sp³-hybridized carbons (Fsp3) is 0.629. The van der Waals surface area contributed by atoms with E-state index in [0.29, 0.717) is 29.8 Å². The van der Waals surface area contributed by atoms with E-state index < -0.39 is 15.9 Å². The van der Waals surface area contributed by atoms with Crippen molar-refractivity contribution in [3.8, 4) is 5.75 Å². The maximum Gasteiger partial charge on any atom is 0.407 e. The van der Waals surface area contributed by atoms with Crippen molar-refractivity contribution < 1.29 is 31.8 Å². The molecule has 10 heteroatoms. The van der Waals surface area contributed by atoms with Crippen LogP contribution in [0.1, 0.15) is 69.8 Å². The molecule has 0 radical (unpaired) electrons. The van der Waals surface area contributed by atoms with E-state index in [9.17, 15) is 17.6 Å². The van der Waals surface area contributed by atoms with E-state index in [1.54, 1.807) is 30.3 Å². The van der Waals surface area contributed by atoms with Crippen LogP contribution in [-0.2, 0) is 24.7 Å². The van der Waals surface area contributed by atoms with Crippen molar-refractivity contribution in [1.29, 1.82) is 0 Å². The fourth-order valence-electron chi connectivity index (χ4n) is 8.15. The average Bonchev–Trinajstić information content (AvgIpc) is 3.80. The molecule has 1 aliphatic heterocycles. The SMILES string of the molecule is COC(=O)N[C@H]1CCC[C@@H]1C(CN1CCC1)(c1cccc(F)c1)C1CCC(OCCOc2ccc(S(=O)(=O)C3CC3)cc2)CC1. The van der Waals surface area contributed by atoms with E-state index in [0.717, 1.165) is 83.0 Å². The second kappa shape index (κ2) is 14.0. The fourth-order valence-corrected chi connectivity index (χ4v) is 9.81. The molecule has 8 nitrogen and oxygen atoms in total. The van der Waals surface area contributed by atoms with Gasteiger partial charge in [-0.05, 0) is 125 Å². The summed E-state index contributed by atoms with van der Waals surface area (Å²) in [5.74, 6) is 0.925. The minimum atomic E-state index is -3.20. The van der Waals surface area contributed by atoms with Crippen LogP contribution in [0.4, 0.5) is 9.18 Å². The van der Waals surface area contributed by atoms with Gasteiger partial charge in [-0.1, -0.05) is 18.6 Å². The predicted molar refractivity (Wildman–Crippen MR) is 170 cm³/mol. The first kappa shape index (κ1) is 32.3. The zero-order chi connectivity index (χ0) is 31.4. The Hall–Kier alpha value is -2.69. The van der Waals surface area contributed by atoms with Crippen LogP contribution in [-0.4, -0.2) is 76.8 Å². The highest BCUT2D eigenvalue weighted by atomic mass is 32.2. The molecule has 1 N–H and O–H groups in total. The molecule has 4 aliphatic rings. The summed E-state index contributed by atoms with van der Waals surface area (Å²) < 4.78 is 56.9. The van der Waals surface area contributed by atoms with Gasteiger partial charge in [0.15, 0.2) is 9.84 Å². The standard InChI is InChI=1S/C35H47FN2O6S/c1-42-34(39)37-33-8-3-7-32(33)35(24-38-19-4-20-38,26-5-2-6-27(36)23-26)25-9-11-28(12-10-25)43-21-22-44-29-13-15-30(16-14-29)45(40,41)31-17-18-31/h2,5-6,13-16,23,25,28,31-33H,3-4,7-12,17-22,24H2,1H3,(H,37,39)/t25?,28?,32-,33-,35?/m0/s1. The van der Waals surface area contributed by atoms with Crippen molar-refractivity contribution in [3.05, 3.63) is 59.9 Å². The van der Waals surface area contributed by atoms with Crippen molar-refractivity contribution in [2.45, 2.75) is 91.9 Å². The highest BCUT2D eigenvalue weighted by Gasteiger charge is 2.53. The Morgan fingerprint density at radius 1 is 0.956 bits per heavy atom. The second-order valence-electron chi connectivity index (χ2n) is 13.4. The summed E-state index contributed by atoms with van der Waals surface area (Å²) in [5.41, 5.74) is 0.754. The van der Waals surface area contributed by atoms with Crippen LogP contribution in [0.15, 0.2) is 53.4 Å². The Balaban J connectivity index is 1.10. The molecular formula is C35H47FN2O6S. The van der Waals surface area contributed by atoms with E-state index in [4.69, 9.17) is 14.2 Å². The van der Waals surface area contributed by atoms with Crippen LogP contribution in [0.2, 0.25) is 0 Å². The number of nitrogens with zero attached hydrogens (tertiary/aromatic N) is 1. The number of benzene rings is 2. The van der Waals surface area contributed by atoms with Gasteiger partial charge in [-0.3, -0.25) is 0 Å². The number of carbonyl (C=O) groups excluding carboxylic acids is 1. The van der Waals surface area contributed by atoms with Gasteiger partial charge in [-0.15, -0.1) is 0 Å². The number of hydrogen-bond acceptors (Lipinski definition) is 7. The monoisotopic (exact) mass is 642 g/mol. The highest BCUT2D eigenvalue weighted by molar-refractivity contribution is 7.92. The van der Waals surface area contributed by atoms with E-state index in [1.807, 2.05) is 6.07 Å². The van der Waals surface area contributed by atoms with E-state index in [-0.39, 0.29) is 34.5 Å². The van der Waals surface area contributed by atoms with Gasteiger partial charge in [0.25, 0.3) is 0 Å². The smallest absolute Gasteiger partial charge is 0.407 e. The quantitative estimate of drug-likeness (QED) is 0.273. The summed E-state index contributed by atoms with van der Waals surface area (Å²) in [7, 11) is -1.80. The Labute approximate surface area is 266 Å². The summed E-state index contributed by atoms with van der Waals surface area (Å²) in [6, 6.07) is 13.9. The molecule has 3 atom stereocenters. The first-order chi connectivity index (χ1) is 21.8. The first-order valence-corrected chi connectivity index (χ1v) is 18.3. The highest BCUT2D eigenvalue weighted by Crippen LogP contribution is 2.52. The van der Waals surface area contributed by atoms with Gasteiger partial charge in [0.05, 0.1) is 30.0 Å². The number of carbonyl (C=O) groups is 1. The first-order valence-electron chi connectivity index (χ1n) is 16.7. The lowest BCUT2D eigenvalue weighted by atomic mass is 9.56. The maximum atomic E-state index is 14.8. The number of rotatable bonds is 13.